The molecule has 0 saturated carbocycles. The third-order valence-corrected chi connectivity index (χ3v) is 4.26. The van der Waals surface area contributed by atoms with Gasteiger partial charge in [0.1, 0.15) is 16.9 Å². The molecule has 0 saturated heterocycles. The summed E-state index contributed by atoms with van der Waals surface area (Å²) in [5, 5.41) is 7.60. The van der Waals surface area contributed by atoms with Gasteiger partial charge in [-0.05, 0) is 39.3 Å². The Hall–Kier alpha value is -2.08. The average molecular weight is 347 g/mol. The topological polar surface area (TPSA) is 58.5 Å². The highest BCUT2D eigenvalue weighted by molar-refractivity contribution is 7.11. The molecule has 1 aromatic heterocycles. The lowest BCUT2D eigenvalue weighted by atomic mass is 10.2. The summed E-state index contributed by atoms with van der Waals surface area (Å²) in [5.41, 5.74) is 1.14. The minimum Gasteiger partial charge on any atom is -0.489 e. The highest BCUT2D eigenvalue weighted by Crippen LogP contribution is 2.17. The molecule has 24 heavy (non-hydrogen) atoms. The molecule has 5 nitrogen and oxygen atoms in total. The molecule has 0 spiro atoms. The van der Waals surface area contributed by atoms with Crippen LogP contribution in [0, 0.1) is 13.8 Å². The fraction of sp³-hybridized carbons (Fsp3) is 0.444. The van der Waals surface area contributed by atoms with Gasteiger partial charge >= 0.3 is 0 Å². The first-order valence-electron chi connectivity index (χ1n) is 8.24. The lowest BCUT2D eigenvalue weighted by molar-refractivity contribution is 0.222. The van der Waals surface area contributed by atoms with Gasteiger partial charge in [-0.3, -0.25) is 0 Å². The molecule has 0 aliphatic carbocycles. The number of benzene rings is 1. The van der Waals surface area contributed by atoms with E-state index in [0.717, 1.165) is 28.8 Å². The standard InChI is InChI=1S/C18H26N4OS/c1-5-19-18(22-12-17-20-11-15(4)24-17)21-10-14(3)23-16-9-7-6-8-13(16)2/h6-9,11,14H,5,10,12H2,1-4H3,(H2,19,21,22). The van der Waals surface area contributed by atoms with Gasteiger partial charge < -0.3 is 15.4 Å². The van der Waals surface area contributed by atoms with Crippen molar-refractivity contribution in [3.05, 3.63) is 45.9 Å². The summed E-state index contributed by atoms with van der Waals surface area (Å²) < 4.78 is 5.98. The van der Waals surface area contributed by atoms with Crippen LogP contribution in [-0.4, -0.2) is 30.1 Å². The van der Waals surface area contributed by atoms with Crippen molar-refractivity contribution in [3.63, 3.8) is 0 Å². The predicted octanol–water partition coefficient (Wildman–Crippen LogP) is 3.28. The third kappa shape index (κ3) is 5.85. The Morgan fingerprint density at radius 1 is 1.29 bits per heavy atom. The minimum absolute atomic E-state index is 0.0389. The first kappa shape index (κ1) is 18.3. The van der Waals surface area contributed by atoms with Crippen LogP contribution in [0.5, 0.6) is 5.75 Å². The number of hydrogen-bond donors (Lipinski definition) is 2. The molecule has 130 valence electrons. The Morgan fingerprint density at radius 2 is 2.08 bits per heavy atom. The van der Waals surface area contributed by atoms with Crippen molar-refractivity contribution in [1.82, 2.24) is 15.6 Å². The first-order chi connectivity index (χ1) is 11.6. The van der Waals surface area contributed by atoms with Gasteiger partial charge in [0.05, 0.1) is 13.1 Å². The van der Waals surface area contributed by atoms with E-state index >= 15 is 0 Å². The molecular formula is C18H26N4OS. The molecule has 2 N–H and O–H groups in total. The molecule has 0 amide bonds. The summed E-state index contributed by atoms with van der Waals surface area (Å²) in [6.45, 7) is 10.3. The number of rotatable bonds is 7. The van der Waals surface area contributed by atoms with E-state index in [1.807, 2.05) is 31.3 Å². The molecule has 0 fully saturated rings. The molecule has 2 rings (SSSR count). The molecule has 6 heteroatoms. The van der Waals surface area contributed by atoms with Gasteiger partial charge in [0, 0.05) is 17.6 Å². The van der Waals surface area contributed by atoms with Crippen LogP contribution in [0.4, 0.5) is 0 Å². The van der Waals surface area contributed by atoms with E-state index in [9.17, 15) is 0 Å². The van der Waals surface area contributed by atoms with E-state index in [1.54, 1.807) is 11.3 Å². The molecule has 0 bridgehead atoms. The maximum Gasteiger partial charge on any atom is 0.191 e. The van der Waals surface area contributed by atoms with Crippen molar-refractivity contribution in [1.29, 1.82) is 0 Å². The molecule has 1 atom stereocenters. The second-order valence-corrected chi connectivity index (χ2v) is 6.95. The summed E-state index contributed by atoms with van der Waals surface area (Å²) in [7, 11) is 0. The molecular weight excluding hydrogens is 320 g/mol. The van der Waals surface area contributed by atoms with Crippen LogP contribution in [0.2, 0.25) is 0 Å². The molecule has 2 aromatic rings. The van der Waals surface area contributed by atoms with E-state index in [4.69, 9.17) is 4.74 Å². The highest BCUT2D eigenvalue weighted by atomic mass is 32.1. The van der Waals surface area contributed by atoms with Gasteiger partial charge in [-0.15, -0.1) is 11.3 Å². The van der Waals surface area contributed by atoms with E-state index in [-0.39, 0.29) is 6.10 Å². The van der Waals surface area contributed by atoms with Crippen molar-refractivity contribution in [2.45, 2.75) is 40.3 Å². The molecule has 0 aliphatic rings. The van der Waals surface area contributed by atoms with Crippen LogP contribution in [0.3, 0.4) is 0 Å². The van der Waals surface area contributed by atoms with Crippen LogP contribution >= 0.6 is 11.3 Å². The van der Waals surface area contributed by atoms with E-state index in [0.29, 0.717) is 13.1 Å². The Morgan fingerprint density at radius 3 is 2.75 bits per heavy atom. The van der Waals surface area contributed by atoms with Crippen LogP contribution in [0.1, 0.15) is 29.3 Å². The normalized spacial score (nSPS) is 12.8. The van der Waals surface area contributed by atoms with Crippen LogP contribution in [0.25, 0.3) is 0 Å². The fourth-order valence-electron chi connectivity index (χ4n) is 2.15. The Bertz CT molecular complexity index is 669. The van der Waals surface area contributed by atoms with Gasteiger partial charge in [-0.2, -0.15) is 0 Å². The Labute approximate surface area is 148 Å². The number of nitrogens with zero attached hydrogens (tertiary/aromatic N) is 2. The Kier molecular flexibility index (Phi) is 7.06. The molecule has 1 aromatic carbocycles. The van der Waals surface area contributed by atoms with E-state index in [2.05, 4.69) is 47.4 Å². The summed E-state index contributed by atoms with van der Waals surface area (Å²) in [6.07, 6.45) is 1.92. The predicted molar refractivity (Wildman–Crippen MR) is 101 cm³/mol. The number of aliphatic imine (C=N–C) groups is 1. The SMILES string of the molecule is CCNC(=NCc1ncc(C)s1)NCC(C)Oc1ccccc1C. The zero-order valence-electron chi connectivity index (χ0n) is 14.8. The smallest absolute Gasteiger partial charge is 0.191 e. The largest absolute Gasteiger partial charge is 0.489 e. The first-order valence-corrected chi connectivity index (χ1v) is 9.06. The number of thiazole rings is 1. The number of aryl methyl sites for hydroxylation is 2. The lowest BCUT2D eigenvalue weighted by Gasteiger charge is -2.18. The molecule has 1 unspecified atom stereocenters. The number of guanidine groups is 1. The van der Waals surface area contributed by atoms with Gasteiger partial charge in [-0.1, -0.05) is 18.2 Å². The van der Waals surface area contributed by atoms with Gasteiger partial charge in [0.2, 0.25) is 0 Å². The second kappa shape index (κ2) is 9.27. The Balaban J connectivity index is 1.87. The summed E-state index contributed by atoms with van der Waals surface area (Å²) >= 11 is 1.68. The highest BCUT2D eigenvalue weighted by Gasteiger charge is 2.07. The van der Waals surface area contributed by atoms with Crippen molar-refractivity contribution in [2.24, 2.45) is 4.99 Å². The van der Waals surface area contributed by atoms with Gasteiger partial charge in [-0.25, -0.2) is 9.98 Å². The average Bonchev–Trinajstić information content (AvgIpc) is 2.98. The fourth-order valence-corrected chi connectivity index (χ4v) is 2.86. The molecule has 1 heterocycles. The van der Waals surface area contributed by atoms with Crippen molar-refractivity contribution in [2.75, 3.05) is 13.1 Å². The third-order valence-electron chi connectivity index (χ3n) is 3.36. The summed E-state index contributed by atoms with van der Waals surface area (Å²) in [4.78, 5) is 10.1. The number of hydrogen-bond acceptors (Lipinski definition) is 4. The van der Waals surface area contributed by atoms with Crippen LogP contribution < -0.4 is 15.4 Å². The van der Waals surface area contributed by atoms with E-state index in [1.165, 1.54) is 4.88 Å². The summed E-state index contributed by atoms with van der Waals surface area (Å²) in [6, 6.07) is 8.05. The zero-order valence-corrected chi connectivity index (χ0v) is 15.6. The monoisotopic (exact) mass is 346 g/mol. The zero-order chi connectivity index (χ0) is 17.4. The quantitative estimate of drug-likeness (QED) is 0.597. The number of aromatic nitrogens is 1. The lowest BCUT2D eigenvalue weighted by Crippen LogP contribution is -2.41. The van der Waals surface area contributed by atoms with Crippen LogP contribution in [0.15, 0.2) is 35.5 Å². The van der Waals surface area contributed by atoms with Crippen molar-refractivity contribution < 1.29 is 4.74 Å². The molecule has 0 aliphatic heterocycles. The van der Waals surface area contributed by atoms with Gasteiger partial charge in [0.25, 0.3) is 0 Å². The van der Waals surface area contributed by atoms with Crippen molar-refractivity contribution >= 4 is 17.3 Å². The van der Waals surface area contributed by atoms with Crippen molar-refractivity contribution in [3.8, 4) is 5.75 Å². The number of para-hydroxylation sites is 1. The van der Waals surface area contributed by atoms with Gasteiger partial charge in [0.15, 0.2) is 5.96 Å². The molecule has 0 radical (unpaired) electrons. The van der Waals surface area contributed by atoms with E-state index < -0.39 is 0 Å². The maximum atomic E-state index is 5.98. The summed E-state index contributed by atoms with van der Waals surface area (Å²) in [5.74, 6) is 1.71. The maximum absolute atomic E-state index is 5.98. The van der Waals surface area contributed by atoms with Crippen LogP contribution in [-0.2, 0) is 6.54 Å². The minimum atomic E-state index is 0.0389. The second-order valence-electron chi connectivity index (χ2n) is 5.63. The number of nitrogens with one attached hydrogen (secondary N) is 2. The number of ether oxygens (including phenoxy) is 1.